The molecule has 68 heavy (non-hydrogen) atoms. The number of halogens is 3. The lowest BCUT2D eigenvalue weighted by Gasteiger charge is -2.25. The van der Waals surface area contributed by atoms with E-state index in [1.54, 1.807) is 56.5 Å². The topological polar surface area (TPSA) is 207 Å². The Morgan fingerprint density at radius 1 is 1.04 bits per heavy atom. The number of nitrogens with two attached hydrogens (primary N) is 1. The minimum Gasteiger partial charge on any atom is -0.486 e. The number of aromatic nitrogens is 8. The van der Waals surface area contributed by atoms with Crippen molar-refractivity contribution in [2.45, 2.75) is 72.1 Å². The molecule has 7 aromatic rings. The van der Waals surface area contributed by atoms with Crippen molar-refractivity contribution in [3.63, 3.8) is 0 Å². The molecule has 20 heteroatoms. The van der Waals surface area contributed by atoms with Crippen LogP contribution < -0.4 is 26.0 Å². The molecule has 0 saturated heterocycles. The minimum atomic E-state index is -1.00. The third-order valence-corrected chi connectivity index (χ3v) is 12.4. The van der Waals surface area contributed by atoms with Crippen LogP contribution in [0, 0.1) is 32.4 Å². The molecule has 2 amide bonds. The zero-order valence-electron chi connectivity index (χ0n) is 38.8. The maximum atomic E-state index is 15.3. The fraction of sp³-hybridized carbons (Fsp3) is 0.333. The summed E-state index contributed by atoms with van der Waals surface area (Å²) in [6.45, 7) is 13.9. The molecule has 0 aliphatic heterocycles. The van der Waals surface area contributed by atoms with E-state index in [0.717, 1.165) is 46.6 Å². The lowest BCUT2D eigenvalue weighted by molar-refractivity contribution is -0.126. The highest BCUT2D eigenvalue weighted by molar-refractivity contribution is 9.10. The van der Waals surface area contributed by atoms with E-state index < -0.39 is 23.1 Å². The quantitative estimate of drug-likeness (QED) is 0.0653. The van der Waals surface area contributed by atoms with Crippen molar-refractivity contribution in [3.8, 4) is 17.0 Å². The molecule has 0 spiro atoms. The molecular weight excluding hydrogens is 941 g/mol. The van der Waals surface area contributed by atoms with E-state index in [9.17, 15) is 14.7 Å². The van der Waals surface area contributed by atoms with E-state index in [1.807, 2.05) is 30.5 Å². The number of hydrogen-bond acceptors (Lipinski definition) is 13. The average Bonchev–Trinajstić information content (AvgIpc) is 4.00. The van der Waals surface area contributed by atoms with Gasteiger partial charge in [-0.3, -0.25) is 9.59 Å². The van der Waals surface area contributed by atoms with Gasteiger partial charge in [-0.05, 0) is 128 Å². The van der Waals surface area contributed by atoms with Crippen LogP contribution >= 0.6 is 15.9 Å². The van der Waals surface area contributed by atoms with Crippen molar-refractivity contribution < 1.29 is 28.2 Å². The van der Waals surface area contributed by atoms with E-state index in [1.165, 1.54) is 29.4 Å². The molecule has 0 atom stereocenters. The lowest BCUT2D eigenvalue weighted by atomic mass is 10.0. The van der Waals surface area contributed by atoms with Crippen LogP contribution in [0.25, 0.3) is 27.9 Å². The van der Waals surface area contributed by atoms with Gasteiger partial charge in [-0.15, -0.1) is 0 Å². The number of nitrogens with one attached hydrogen (secondary N) is 2. The third-order valence-electron chi connectivity index (χ3n) is 11.8. The van der Waals surface area contributed by atoms with Crippen LogP contribution in [0.1, 0.15) is 71.0 Å². The smallest absolute Gasteiger partial charge is 0.258 e. The summed E-state index contributed by atoms with van der Waals surface area (Å²) in [6.07, 6.45) is 4.81. The van der Waals surface area contributed by atoms with Crippen molar-refractivity contribution >= 4 is 67.8 Å². The highest BCUT2D eigenvalue weighted by Crippen LogP contribution is 2.41. The number of amides is 2. The summed E-state index contributed by atoms with van der Waals surface area (Å²) in [7, 11) is 3.42. The van der Waals surface area contributed by atoms with Gasteiger partial charge in [0.05, 0.1) is 52.5 Å². The zero-order valence-corrected chi connectivity index (χ0v) is 40.4. The summed E-state index contributed by atoms with van der Waals surface area (Å²) >= 11 is 3.53. The number of anilines is 4. The van der Waals surface area contributed by atoms with Crippen LogP contribution in [-0.2, 0) is 17.9 Å². The zero-order chi connectivity index (χ0) is 48.8. The average molecular weight is 993 g/mol. The highest BCUT2D eigenvalue weighted by atomic mass is 79.9. The second-order valence-corrected chi connectivity index (χ2v) is 18.7. The first-order valence-corrected chi connectivity index (χ1v) is 22.7. The summed E-state index contributed by atoms with van der Waals surface area (Å²) in [5.74, 6) is -0.742. The van der Waals surface area contributed by atoms with Crippen LogP contribution in [0.4, 0.5) is 32.2 Å². The Bertz CT molecular complexity index is 3130. The predicted octanol–water partition coefficient (Wildman–Crippen LogP) is 7.52. The van der Waals surface area contributed by atoms with Gasteiger partial charge < -0.3 is 40.6 Å². The van der Waals surface area contributed by atoms with Gasteiger partial charge in [-0.2, -0.15) is 19.6 Å². The fourth-order valence-electron chi connectivity index (χ4n) is 7.94. The number of benzene rings is 3. The van der Waals surface area contributed by atoms with E-state index in [0.29, 0.717) is 39.3 Å². The SMILES string of the molecule is C=C(Cn1c(CNc2nc(N(C)CC(C)(C)O)nc3c(Br)cnn23)nc2cc(C)c(C)cc21)C(=O)N(C)CCOc1c(N)ncnc1-c1cc(F)cc(NC(=O)c2ccc(C3CC3)cc2F)c1C. The van der Waals surface area contributed by atoms with Gasteiger partial charge in [0, 0.05) is 37.5 Å². The summed E-state index contributed by atoms with van der Waals surface area (Å²) in [6, 6.07) is 11.0. The summed E-state index contributed by atoms with van der Waals surface area (Å²) in [5, 5.41) is 21.0. The molecule has 1 saturated carbocycles. The molecule has 8 rings (SSSR count). The van der Waals surface area contributed by atoms with Gasteiger partial charge in [-0.1, -0.05) is 12.6 Å². The van der Waals surface area contributed by atoms with Crippen molar-refractivity contribution in [3.05, 3.63) is 117 Å². The number of likely N-dealkylation sites (N-methyl/N-ethyl adjacent to an activating group) is 2. The lowest BCUT2D eigenvalue weighted by Crippen LogP contribution is -2.37. The Labute approximate surface area is 399 Å². The number of imidazole rings is 1. The number of aryl methyl sites for hydroxylation is 2. The molecule has 354 valence electrons. The van der Waals surface area contributed by atoms with Gasteiger partial charge >= 0.3 is 0 Å². The number of fused-ring (bicyclic) bond motifs is 2. The number of hydrogen-bond donors (Lipinski definition) is 4. The van der Waals surface area contributed by atoms with Gasteiger partial charge in [-0.25, -0.2) is 23.7 Å². The second-order valence-electron chi connectivity index (χ2n) is 17.8. The number of carbonyl (C=O) groups is 2. The molecule has 3 aromatic carbocycles. The molecule has 5 N–H and O–H groups in total. The largest absolute Gasteiger partial charge is 0.486 e. The number of nitrogens with zero attached hydrogens (tertiary/aromatic N) is 10. The Morgan fingerprint density at radius 3 is 2.51 bits per heavy atom. The maximum Gasteiger partial charge on any atom is 0.258 e. The molecule has 4 heterocycles. The molecule has 0 unspecified atom stereocenters. The molecule has 0 radical (unpaired) electrons. The van der Waals surface area contributed by atoms with Crippen LogP contribution in [0.3, 0.4) is 0 Å². The van der Waals surface area contributed by atoms with Crippen molar-refractivity contribution in [1.82, 2.24) is 44.0 Å². The molecule has 1 fully saturated rings. The van der Waals surface area contributed by atoms with Crippen molar-refractivity contribution in [2.24, 2.45) is 0 Å². The van der Waals surface area contributed by atoms with E-state index in [2.05, 4.69) is 53.2 Å². The fourth-order valence-corrected chi connectivity index (χ4v) is 8.29. The Kier molecular flexibility index (Phi) is 13.2. The van der Waals surface area contributed by atoms with E-state index >= 15 is 8.78 Å². The van der Waals surface area contributed by atoms with Crippen LogP contribution in [0.15, 0.2) is 71.6 Å². The molecule has 4 aromatic heterocycles. The normalized spacial score (nSPS) is 12.7. The van der Waals surface area contributed by atoms with Gasteiger partial charge in [0.1, 0.15) is 36.1 Å². The van der Waals surface area contributed by atoms with Crippen LogP contribution in [-0.4, -0.2) is 100 Å². The third kappa shape index (κ3) is 10.1. The summed E-state index contributed by atoms with van der Waals surface area (Å²) in [4.78, 5) is 53.3. The van der Waals surface area contributed by atoms with Gasteiger partial charge in [0.2, 0.25) is 11.9 Å². The molecule has 0 bridgehead atoms. The summed E-state index contributed by atoms with van der Waals surface area (Å²) < 4.78 is 40.6. The number of ether oxygens (including phenoxy) is 1. The van der Waals surface area contributed by atoms with Crippen molar-refractivity contribution in [2.75, 3.05) is 55.1 Å². The van der Waals surface area contributed by atoms with E-state index in [-0.39, 0.29) is 78.3 Å². The molecular formula is C48H52BrF2N13O4. The molecule has 17 nitrogen and oxygen atoms in total. The molecule has 1 aliphatic carbocycles. The number of rotatable bonds is 17. The van der Waals surface area contributed by atoms with Gasteiger partial charge in [0.15, 0.2) is 17.2 Å². The first kappa shape index (κ1) is 47.4. The first-order chi connectivity index (χ1) is 32.3. The Morgan fingerprint density at radius 2 is 1.79 bits per heavy atom. The summed E-state index contributed by atoms with van der Waals surface area (Å²) in [5.41, 5.74) is 11.4. The molecule has 1 aliphatic rings. The second kappa shape index (κ2) is 18.9. The standard InChI is InChI=1S/C48H52BrF2N13O4/c1-25-15-37-38(16-26(25)2)63(39(57-37)21-53-46-60-47(62(8)23-48(5,6)67)59-43-34(49)20-56-64(43)46)22-27(3)45(66)61(7)13-14-68-41-40(54-24-55-42(41)52)33-18-31(50)19-36(28(33)4)58-44(65)32-12-11-30(17-35(32)51)29-9-10-29/h11-12,15-20,24,29,67H,3,9-10,13-14,21-23H2,1-2,4-8H3,(H,58,65)(H2,52,54,55)(H,53,59,60). The first-order valence-electron chi connectivity index (χ1n) is 21.9. The van der Waals surface area contributed by atoms with Crippen LogP contribution in [0.5, 0.6) is 5.75 Å². The minimum absolute atomic E-state index is 0.0284. The number of aliphatic hydroxyl groups is 1. The number of carbonyl (C=O) groups excluding carboxylic acids is 2. The van der Waals surface area contributed by atoms with Crippen LogP contribution in [0.2, 0.25) is 0 Å². The van der Waals surface area contributed by atoms with Gasteiger partial charge in [0.25, 0.3) is 11.8 Å². The van der Waals surface area contributed by atoms with Crippen molar-refractivity contribution in [1.29, 1.82) is 0 Å². The maximum absolute atomic E-state index is 15.3. The Hall–Kier alpha value is -7.06. The predicted molar refractivity (Wildman–Crippen MR) is 260 cm³/mol. The Balaban J connectivity index is 0.969. The monoisotopic (exact) mass is 991 g/mol. The van der Waals surface area contributed by atoms with E-state index in [4.69, 9.17) is 20.4 Å². The number of nitrogen functional groups attached to an aromatic ring is 1. The highest BCUT2D eigenvalue weighted by Gasteiger charge is 2.27.